The average molecular weight is 975 g/mol. The number of hydrogen-bond acceptors (Lipinski definition) is 6. The van der Waals surface area contributed by atoms with Gasteiger partial charge in [-0.05, 0) is 64.2 Å². The number of phosphoric acid groups is 1. The number of esters is 1. The van der Waals surface area contributed by atoms with Crippen molar-refractivity contribution in [1.82, 2.24) is 0 Å². The van der Waals surface area contributed by atoms with Crippen LogP contribution in [0.2, 0.25) is 0 Å². The van der Waals surface area contributed by atoms with E-state index in [0.717, 1.165) is 64.2 Å². The van der Waals surface area contributed by atoms with Gasteiger partial charge in [-0.3, -0.25) is 13.8 Å². The van der Waals surface area contributed by atoms with Crippen molar-refractivity contribution >= 4 is 13.8 Å². The number of rotatable bonds is 52. The first kappa shape index (κ1) is 65.9. The Morgan fingerprint density at radius 2 is 0.853 bits per heavy atom. The van der Waals surface area contributed by atoms with Crippen LogP contribution < -0.4 is 0 Å². The standard InChI is InChI=1S/C59H108NO7P/c1-6-8-10-12-14-16-18-20-22-24-26-28-29-30-31-33-35-37-39-41-43-45-47-49-51-54-64-56-58(57-66-68(62,63)65-55-53-60(3,4)5)67-59(61)52-50-48-46-44-42-40-38-36-34-32-27-25-23-21-19-17-15-13-11-9-7-2/h9,11,15,17,21,23,27,32,36,38,42,44,58H,6-8,10,12-14,16,18-20,22,24-26,28-31,33-35,37,39-41,43,45-57H2,1-5H3/p+1/b11-9-,17-15-,23-21-,32-27-,38-36-,44-42-. The van der Waals surface area contributed by atoms with Gasteiger partial charge in [0, 0.05) is 13.0 Å². The van der Waals surface area contributed by atoms with Gasteiger partial charge in [0.25, 0.3) is 0 Å². The highest BCUT2D eigenvalue weighted by Gasteiger charge is 2.26. The fourth-order valence-corrected chi connectivity index (χ4v) is 8.48. The number of carbonyl (C=O) groups is 1. The van der Waals surface area contributed by atoms with Crippen molar-refractivity contribution in [3.8, 4) is 0 Å². The lowest BCUT2D eigenvalue weighted by atomic mass is 10.0. The second kappa shape index (κ2) is 51.3. The van der Waals surface area contributed by atoms with E-state index in [1.54, 1.807) is 0 Å². The zero-order chi connectivity index (χ0) is 49.8. The molecular formula is C59H109NO7P+. The number of allylic oxidation sites excluding steroid dienone is 12. The number of nitrogens with zero attached hydrogens (tertiary/aromatic N) is 1. The van der Waals surface area contributed by atoms with Crippen molar-refractivity contribution in [3.63, 3.8) is 0 Å². The molecule has 0 spiro atoms. The molecule has 0 aromatic rings. The normalized spacial score (nSPS) is 14.0. The van der Waals surface area contributed by atoms with Crippen molar-refractivity contribution in [3.05, 3.63) is 72.9 Å². The van der Waals surface area contributed by atoms with Gasteiger partial charge >= 0.3 is 13.8 Å². The summed E-state index contributed by atoms with van der Waals surface area (Å²) < 4.78 is 35.2. The van der Waals surface area contributed by atoms with E-state index in [-0.39, 0.29) is 32.2 Å². The molecule has 0 saturated carbocycles. The predicted octanol–water partition coefficient (Wildman–Crippen LogP) is 17.8. The van der Waals surface area contributed by atoms with Gasteiger partial charge < -0.3 is 18.9 Å². The van der Waals surface area contributed by atoms with Gasteiger partial charge in [0.05, 0.1) is 34.4 Å². The minimum absolute atomic E-state index is 0.0780. The van der Waals surface area contributed by atoms with Gasteiger partial charge in [-0.25, -0.2) is 4.57 Å². The first-order chi connectivity index (χ1) is 33.1. The lowest BCUT2D eigenvalue weighted by molar-refractivity contribution is -0.870. The molecule has 2 atom stereocenters. The molecule has 0 aliphatic carbocycles. The Bertz CT molecular complexity index is 1320. The van der Waals surface area contributed by atoms with Crippen LogP contribution in [0.1, 0.15) is 239 Å². The van der Waals surface area contributed by atoms with Crippen LogP contribution in [0.3, 0.4) is 0 Å². The summed E-state index contributed by atoms with van der Waals surface area (Å²) in [6.45, 7) is 5.48. The Morgan fingerprint density at radius 1 is 0.471 bits per heavy atom. The summed E-state index contributed by atoms with van der Waals surface area (Å²) in [5, 5.41) is 0. The number of carbonyl (C=O) groups excluding carboxylic acids is 1. The van der Waals surface area contributed by atoms with Crippen LogP contribution in [-0.2, 0) is 27.9 Å². The molecule has 0 amide bonds. The first-order valence-electron chi connectivity index (χ1n) is 28.2. The SMILES string of the molecule is CC/C=C\C/C=C\C/C=C\C/C=C\C/C=C\C/C=C\CCCCC(=O)OC(COCCCCCCCCCCCCCCCCCCCCCCCCCCC)COP(=O)(O)OCC[N+](C)(C)C. The summed E-state index contributed by atoms with van der Waals surface area (Å²) >= 11 is 0. The van der Waals surface area contributed by atoms with Crippen LogP contribution in [0.4, 0.5) is 0 Å². The zero-order valence-corrected chi connectivity index (χ0v) is 46.0. The zero-order valence-electron chi connectivity index (χ0n) is 45.1. The summed E-state index contributed by atoms with van der Waals surface area (Å²) in [6, 6.07) is 0. The van der Waals surface area contributed by atoms with E-state index in [9.17, 15) is 14.3 Å². The van der Waals surface area contributed by atoms with E-state index in [4.69, 9.17) is 18.5 Å². The Kier molecular flexibility index (Phi) is 49.7. The third-order valence-corrected chi connectivity index (χ3v) is 13.0. The number of unbranched alkanes of at least 4 members (excludes halogenated alkanes) is 26. The van der Waals surface area contributed by atoms with Crippen molar-refractivity contribution in [1.29, 1.82) is 0 Å². The van der Waals surface area contributed by atoms with E-state index in [1.165, 1.54) is 148 Å². The largest absolute Gasteiger partial charge is 0.472 e. The smallest absolute Gasteiger partial charge is 0.457 e. The molecule has 0 aromatic carbocycles. The van der Waals surface area contributed by atoms with E-state index < -0.39 is 13.9 Å². The number of hydrogen-bond donors (Lipinski definition) is 1. The minimum Gasteiger partial charge on any atom is -0.457 e. The summed E-state index contributed by atoms with van der Waals surface area (Å²) in [4.78, 5) is 23.0. The second-order valence-electron chi connectivity index (χ2n) is 19.9. The maximum Gasteiger partial charge on any atom is 0.472 e. The molecule has 0 aliphatic heterocycles. The van der Waals surface area contributed by atoms with E-state index in [2.05, 4.69) is 86.8 Å². The molecule has 0 bridgehead atoms. The molecule has 0 rings (SSSR count). The summed E-state index contributed by atoms with van der Waals surface area (Å²) in [7, 11) is 1.64. The van der Waals surface area contributed by atoms with Crippen molar-refractivity contribution in [2.75, 3.05) is 54.1 Å². The van der Waals surface area contributed by atoms with Crippen molar-refractivity contribution in [2.45, 2.75) is 245 Å². The van der Waals surface area contributed by atoms with Crippen LogP contribution in [0.25, 0.3) is 0 Å². The Hall–Kier alpha value is -2.06. The van der Waals surface area contributed by atoms with Gasteiger partial charge in [0.15, 0.2) is 0 Å². The maximum absolute atomic E-state index is 12.8. The predicted molar refractivity (Wildman–Crippen MR) is 293 cm³/mol. The van der Waals surface area contributed by atoms with Crippen molar-refractivity contribution in [2.24, 2.45) is 0 Å². The van der Waals surface area contributed by atoms with Gasteiger partial charge in [-0.15, -0.1) is 0 Å². The lowest BCUT2D eigenvalue weighted by Gasteiger charge is -2.24. The molecule has 396 valence electrons. The fourth-order valence-electron chi connectivity index (χ4n) is 7.73. The van der Waals surface area contributed by atoms with Crippen molar-refractivity contribution < 1.29 is 37.3 Å². The molecule has 68 heavy (non-hydrogen) atoms. The number of ether oxygens (including phenoxy) is 2. The van der Waals surface area contributed by atoms with E-state index in [0.29, 0.717) is 24.1 Å². The van der Waals surface area contributed by atoms with E-state index >= 15 is 0 Å². The Labute approximate surface area is 421 Å². The molecule has 2 unspecified atom stereocenters. The van der Waals surface area contributed by atoms with Gasteiger partial charge in [0.1, 0.15) is 19.3 Å². The highest BCUT2D eigenvalue weighted by atomic mass is 31.2. The first-order valence-corrected chi connectivity index (χ1v) is 29.7. The lowest BCUT2D eigenvalue weighted by Crippen LogP contribution is -2.37. The Morgan fingerprint density at radius 3 is 1.25 bits per heavy atom. The van der Waals surface area contributed by atoms with Gasteiger partial charge in [-0.2, -0.15) is 0 Å². The fraction of sp³-hybridized carbons (Fsp3) is 0.780. The topological polar surface area (TPSA) is 91.3 Å². The average Bonchev–Trinajstić information content (AvgIpc) is 3.30. The number of likely N-dealkylation sites (N-methyl/N-ethyl adjacent to an activating group) is 1. The van der Waals surface area contributed by atoms with Crippen LogP contribution in [0.15, 0.2) is 72.9 Å². The Balaban J connectivity index is 4.14. The highest BCUT2D eigenvalue weighted by Crippen LogP contribution is 2.43. The third-order valence-electron chi connectivity index (χ3n) is 12.0. The van der Waals surface area contributed by atoms with Gasteiger partial charge in [0.2, 0.25) is 0 Å². The molecule has 0 aliphatic rings. The highest BCUT2D eigenvalue weighted by molar-refractivity contribution is 7.47. The number of phosphoric ester groups is 1. The molecule has 0 radical (unpaired) electrons. The monoisotopic (exact) mass is 975 g/mol. The van der Waals surface area contributed by atoms with Gasteiger partial charge in [-0.1, -0.05) is 241 Å². The van der Waals surface area contributed by atoms with Crippen LogP contribution in [-0.4, -0.2) is 75.6 Å². The molecule has 0 fully saturated rings. The molecular weight excluding hydrogens is 866 g/mol. The molecule has 1 N–H and O–H groups in total. The van der Waals surface area contributed by atoms with Crippen LogP contribution >= 0.6 is 7.82 Å². The molecule has 9 heteroatoms. The second-order valence-corrected chi connectivity index (χ2v) is 21.4. The minimum atomic E-state index is -4.30. The quantitative estimate of drug-likeness (QED) is 0.0213. The third kappa shape index (κ3) is 54.9. The number of quaternary nitrogens is 1. The summed E-state index contributed by atoms with van der Waals surface area (Å²) in [6.07, 6.45) is 68.3. The molecule has 0 aromatic heterocycles. The summed E-state index contributed by atoms with van der Waals surface area (Å²) in [5.74, 6) is -0.353. The molecule has 0 heterocycles. The summed E-state index contributed by atoms with van der Waals surface area (Å²) in [5.41, 5.74) is 0. The van der Waals surface area contributed by atoms with Crippen LogP contribution in [0.5, 0.6) is 0 Å². The maximum atomic E-state index is 12.8. The molecule has 0 saturated heterocycles. The van der Waals surface area contributed by atoms with E-state index in [1.807, 2.05) is 21.1 Å². The van der Waals surface area contributed by atoms with Crippen LogP contribution in [0, 0.1) is 0 Å². The molecule has 8 nitrogen and oxygen atoms in total.